The number of aliphatic hydroxyl groups excluding tert-OH is 1. The van der Waals surface area contributed by atoms with Crippen LogP contribution >= 0.6 is 0 Å². The van der Waals surface area contributed by atoms with Crippen molar-refractivity contribution in [2.75, 3.05) is 0 Å². The van der Waals surface area contributed by atoms with E-state index in [-0.39, 0.29) is 29.0 Å². The van der Waals surface area contributed by atoms with E-state index in [0.29, 0.717) is 12.8 Å². The van der Waals surface area contributed by atoms with Crippen molar-refractivity contribution >= 4 is 5.97 Å². The monoisotopic (exact) mass is 184 g/mol. The van der Waals surface area contributed by atoms with Gasteiger partial charge >= 0.3 is 5.97 Å². The van der Waals surface area contributed by atoms with Crippen molar-refractivity contribution in [3.8, 4) is 0 Å². The molecule has 13 heavy (non-hydrogen) atoms. The van der Waals surface area contributed by atoms with Gasteiger partial charge in [0.2, 0.25) is 0 Å². The standard InChI is InChI=1S/C10H16O3/c1-9(2)6(11)4-7-10(9,3)5-8(12)13-7/h6-7,11H,4-5H2,1-3H3/t6-,7+,10+/m1/s1. The molecule has 74 valence electrons. The smallest absolute Gasteiger partial charge is 0.306 e. The van der Waals surface area contributed by atoms with E-state index < -0.39 is 0 Å². The number of aliphatic hydroxyl groups is 1. The molecule has 1 saturated carbocycles. The van der Waals surface area contributed by atoms with Gasteiger partial charge in [-0.15, -0.1) is 0 Å². The number of hydrogen-bond acceptors (Lipinski definition) is 3. The fourth-order valence-corrected chi connectivity index (χ4v) is 2.57. The molecule has 0 bridgehead atoms. The lowest BCUT2D eigenvalue weighted by molar-refractivity contribution is -0.142. The van der Waals surface area contributed by atoms with Crippen molar-refractivity contribution in [2.45, 2.75) is 45.8 Å². The van der Waals surface area contributed by atoms with Crippen LogP contribution in [0.3, 0.4) is 0 Å². The van der Waals surface area contributed by atoms with Crippen LogP contribution in [-0.2, 0) is 9.53 Å². The van der Waals surface area contributed by atoms with Crippen LogP contribution in [0.1, 0.15) is 33.6 Å². The largest absolute Gasteiger partial charge is 0.462 e. The van der Waals surface area contributed by atoms with Gasteiger partial charge in [-0.05, 0) is 0 Å². The molecule has 3 heteroatoms. The van der Waals surface area contributed by atoms with Gasteiger partial charge in [0.05, 0.1) is 12.5 Å². The van der Waals surface area contributed by atoms with E-state index in [1.54, 1.807) is 0 Å². The summed E-state index contributed by atoms with van der Waals surface area (Å²) in [7, 11) is 0. The van der Waals surface area contributed by atoms with Crippen LogP contribution < -0.4 is 0 Å². The molecule has 1 aliphatic heterocycles. The molecule has 2 rings (SSSR count). The van der Waals surface area contributed by atoms with E-state index >= 15 is 0 Å². The number of rotatable bonds is 0. The maximum absolute atomic E-state index is 11.2. The molecule has 0 spiro atoms. The molecule has 0 aromatic rings. The second-order valence-electron chi connectivity index (χ2n) is 5.05. The zero-order valence-corrected chi connectivity index (χ0v) is 8.33. The Bertz CT molecular complexity index is 259. The lowest BCUT2D eigenvalue weighted by Gasteiger charge is -2.37. The Labute approximate surface area is 78.1 Å². The van der Waals surface area contributed by atoms with Gasteiger partial charge in [-0.1, -0.05) is 20.8 Å². The minimum absolute atomic E-state index is 0.0787. The number of carbonyl (C=O) groups is 1. The van der Waals surface area contributed by atoms with E-state index in [1.165, 1.54) is 0 Å². The first-order valence-electron chi connectivity index (χ1n) is 4.75. The van der Waals surface area contributed by atoms with Crippen molar-refractivity contribution in [1.82, 2.24) is 0 Å². The minimum Gasteiger partial charge on any atom is -0.462 e. The van der Waals surface area contributed by atoms with Crippen molar-refractivity contribution in [3.63, 3.8) is 0 Å². The van der Waals surface area contributed by atoms with E-state index in [0.717, 1.165) is 0 Å². The Morgan fingerprint density at radius 2 is 2.08 bits per heavy atom. The Morgan fingerprint density at radius 1 is 1.46 bits per heavy atom. The fraction of sp³-hybridized carbons (Fsp3) is 0.900. The van der Waals surface area contributed by atoms with Crippen LogP contribution in [-0.4, -0.2) is 23.3 Å². The topological polar surface area (TPSA) is 46.5 Å². The van der Waals surface area contributed by atoms with Crippen LogP contribution in [0.2, 0.25) is 0 Å². The first-order valence-corrected chi connectivity index (χ1v) is 4.75. The molecule has 2 aliphatic rings. The van der Waals surface area contributed by atoms with Crippen LogP contribution in [0, 0.1) is 10.8 Å². The second kappa shape index (κ2) is 2.27. The highest BCUT2D eigenvalue weighted by Gasteiger charge is 2.62. The molecule has 0 aromatic carbocycles. The minimum atomic E-state index is -0.351. The van der Waals surface area contributed by atoms with Crippen molar-refractivity contribution in [3.05, 3.63) is 0 Å². The molecule has 3 nitrogen and oxygen atoms in total. The summed E-state index contributed by atoms with van der Waals surface area (Å²) in [4.78, 5) is 11.2. The highest BCUT2D eigenvalue weighted by atomic mass is 16.6. The van der Waals surface area contributed by atoms with Gasteiger partial charge in [-0.2, -0.15) is 0 Å². The molecule has 1 saturated heterocycles. The molecule has 0 aromatic heterocycles. The zero-order chi connectivity index (χ0) is 9.85. The highest BCUT2D eigenvalue weighted by molar-refractivity contribution is 5.73. The first-order chi connectivity index (χ1) is 5.88. The fourth-order valence-electron chi connectivity index (χ4n) is 2.57. The van der Waals surface area contributed by atoms with E-state index in [4.69, 9.17) is 4.74 Å². The summed E-state index contributed by atoms with van der Waals surface area (Å²) in [6, 6.07) is 0. The summed E-state index contributed by atoms with van der Waals surface area (Å²) in [6.07, 6.45) is 0.609. The zero-order valence-electron chi connectivity index (χ0n) is 8.33. The molecule has 0 unspecified atom stereocenters. The lowest BCUT2D eigenvalue weighted by Crippen LogP contribution is -2.38. The van der Waals surface area contributed by atoms with Crippen LogP contribution in [0.5, 0.6) is 0 Å². The molecule has 1 N–H and O–H groups in total. The molecular formula is C10H16O3. The quantitative estimate of drug-likeness (QED) is 0.573. The molecular weight excluding hydrogens is 168 g/mol. The van der Waals surface area contributed by atoms with Gasteiger partial charge in [0, 0.05) is 17.3 Å². The van der Waals surface area contributed by atoms with E-state index in [9.17, 15) is 9.90 Å². The summed E-state index contributed by atoms with van der Waals surface area (Å²) >= 11 is 0. The summed E-state index contributed by atoms with van der Waals surface area (Å²) < 4.78 is 5.20. The number of carbonyl (C=O) groups excluding carboxylic acids is 1. The highest BCUT2D eigenvalue weighted by Crippen LogP contribution is 2.58. The third kappa shape index (κ3) is 0.909. The summed E-state index contributed by atoms with van der Waals surface area (Å²) in [6.45, 7) is 6.07. The van der Waals surface area contributed by atoms with Crippen molar-refractivity contribution in [1.29, 1.82) is 0 Å². The SMILES string of the molecule is CC1(C)[C@H](O)C[C@@H]2OC(=O)C[C@@]21C. The Morgan fingerprint density at radius 3 is 2.62 bits per heavy atom. The molecule has 2 fully saturated rings. The average Bonchev–Trinajstić information content (AvgIpc) is 2.33. The summed E-state index contributed by atoms with van der Waals surface area (Å²) in [5.41, 5.74) is -0.396. The van der Waals surface area contributed by atoms with Crippen LogP contribution in [0.4, 0.5) is 0 Å². The van der Waals surface area contributed by atoms with Gasteiger partial charge in [-0.3, -0.25) is 4.79 Å². The summed E-state index contributed by atoms with van der Waals surface area (Å²) in [5.74, 6) is -0.118. The molecule has 0 amide bonds. The Balaban J connectivity index is 2.37. The second-order valence-corrected chi connectivity index (χ2v) is 5.05. The maximum Gasteiger partial charge on any atom is 0.306 e. The third-order valence-corrected chi connectivity index (χ3v) is 4.24. The number of esters is 1. The van der Waals surface area contributed by atoms with Gasteiger partial charge in [0.15, 0.2) is 0 Å². The van der Waals surface area contributed by atoms with Crippen molar-refractivity contribution in [2.24, 2.45) is 10.8 Å². The van der Waals surface area contributed by atoms with Gasteiger partial charge in [0.25, 0.3) is 0 Å². The Hall–Kier alpha value is -0.570. The maximum atomic E-state index is 11.2. The number of fused-ring (bicyclic) bond motifs is 1. The molecule has 1 heterocycles. The third-order valence-electron chi connectivity index (χ3n) is 4.24. The van der Waals surface area contributed by atoms with Crippen molar-refractivity contribution < 1.29 is 14.6 Å². The van der Waals surface area contributed by atoms with Gasteiger partial charge < -0.3 is 9.84 Å². The van der Waals surface area contributed by atoms with E-state index in [2.05, 4.69) is 0 Å². The van der Waals surface area contributed by atoms with Crippen LogP contribution in [0.25, 0.3) is 0 Å². The van der Waals surface area contributed by atoms with Gasteiger partial charge in [0.1, 0.15) is 6.10 Å². The normalized spacial score (nSPS) is 47.5. The number of ether oxygens (including phenoxy) is 1. The first kappa shape index (κ1) is 9.00. The molecule has 0 radical (unpaired) electrons. The molecule has 1 aliphatic carbocycles. The predicted octanol–water partition coefficient (Wildman–Crippen LogP) is 1.10. The summed E-state index contributed by atoms with van der Waals surface area (Å²) in [5, 5.41) is 9.82. The Kier molecular flexibility index (Phi) is 1.57. The predicted molar refractivity (Wildman–Crippen MR) is 47.0 cm³/mol. The molecule has 3 atom stereocenters. The average molecular weight is 184 g/mol. The van der Waals surface area contributed by atoms with Gasteiger partial charge in [-0.25, -0.2) is 0 Å². The lowest BCUT2D eigenvalue weighted by atomic mass is 9.67. The van der Waals surface area contributed by atoms with Crippen LogP contribution in [0.15, 0.2) is 0 Å². The van der Waals surface area contributed by atoms with E-state index in [1.807, 2.05) is 20.8 Å². The number of hydrogen-bond donors (Lipinski definition) is 1.